The first-order valence-corrected chi connectivity index (χ1v) is 14.3. The number of amides is 2. The molecule has 0 fully saturated rings. The van der Waals surface area contributed by atoms with Crippen molar-refractivity contribution in [1.29, 1.82) is 0 Å². The summed E-state index contributed by atoms with van der Waals surface area (Å²) >= 11 is 0. The Morgan fingerprint density at radius 2 is 1.60 bits per heavy atom. The van der Waals surface area contributed by atoms with Crippen LogP contribution in [0.15, 0.2) is 78.9 Å². The van der Waals surface area contributed by atoms with E-state index in [4.69, 9.17) is 5.10 Å². The van der Waals surface area contributed by atoms with Crippen LogP contribution in [0.2, 0.25) is 0 Å². The molecule has 3 aromatic carbocycles. The largest absolute Gasteiger partial charge is 0.329 e. The summed E-state index contributed by atoms with van der Waals surface area (Å²) in [4.78, 5) is 28.5. The first kappa shape index (κ1) is 28.8. The molecular formula is C34H40N4O2. The summed E-state index contributed by atoms with van der Waals surface area (Å²) < 4.78 is 1.78. The minimum absolute atomic E-state index is 0.0326. The van der Waals surface area contributed by atoms with E-state index in [1.54, 1.807) is 9.58 Å². The number of hydrogen-bond acceptors (Lipinski definition) is 3. The van der Waals surface area contributed by atoms with Gasteiger partial charge in [-0.3, -0.25) is 9.59 Å². The van der Waals surface area contributed by atoms with E-state index >= 15 is 0 Å². The molecule has 1 heterocycles. The Bertz CT molecular complexity index is 1420. The van der Waals surface area contributed by atoms with Crippen LogP contribution in [-0.4, -0.2) is 39.6 Å². The molecule has 0 aliphatic carbocycles. The fourth-order valence-corrected chi connectivity index (χ4v) is 4.78. The highest BCUT2D eigenvalue weighted by Gasteiger charge is 2.21. The van der Waals surface area contributed by atoms with E-state index in [9.17, 15) is 9.59 Å². The number of nitrogens with zero attached hydrogens (tertiary/aromatic N) is 3. The SMILES string of the molecule is CCCCc1ccc(C(=O)N(CCCC)CC(=O)Nc2cc(-c3ccccc3)nn2-c2ccc(C)cc2C)cc1. The van der Waals surface area contributed by atoms with E-state index < -0.39 is 0 Å². The van der Waals surface area contributed by atoms with Crippen molar-refractivity contribution in [2.24, 2.45) is 0 Å². The summed E-state index contributed by atoms with van der Waals surface area (Å²) in [7, 11) is 0. The Balaban J connectivity index is 1.58. The molecule has 4 aromatic rings. The van der Waals surface area contributed by atoms with Crippen LogP contribution in [-0.2, 0) is 11.2 Å². The van der Waals surface area contributed by atoms with Crippen molar-refractivity contribution in [1.82, 2.24) is 14.7 Å². The molecule has 1 aromatic heterocycles. The zero-order valence-corrected chi connectivity index (χ0v) is 24.1. The third kappa shape index (κ3) is 7.26. The zero-order chi connectivity index (χ0) is 28.5. The molecule has 0 aliphatic heterocycles. The van der Waals surface area contributed by atoms with Gasteiger partial charge in [-0.2, -0.15) is 5.10 Å². The molecule has 2 amide bonds. The summed E-state index contributed by atoms with van der Waals surface area (Å²) in [6.45, 7) is 8.83. The predicted octanol–water partition coefficient (Wildman–Crippen LogP) is 7.38. The van der Waals surface area contributed by atoms with E-state index in [1.165, 1.54) is 5.56 Å². The number of hydrogen-bond donors (Lipinski definition) is 1. The van der Waals surface area contributed by atoms with Crippen LogP contribution >= 0.6 is 0 Å². The summed E-state index contributed by atoms with van der Waals surface area (Å²) in [5.74, 6) is 0.187. The molecule has 1 N–H and O–H groups in total. The van der Waals surface area contributed by atoms with Gasteiger partial charge < -0.3 is 10.2 Å². The van der Waals surface area contributed by atoms with Crippen molar-refractivity contribution in [3.63, 3.8) is 0 Å². The maximum absolute atomic E-state index is 13.4. The van der Waals surface area contributed by atoms with Gasteiger partial charge in [-0.25, -0.2) is 4.68 Å². The number of nitrogens with one attached hydrogen (secondary N) is 1. The Labute approximate surface area is 238 Å². The van der Waals surface area contributed by atoms with Gasteiger partial charge in [0.25, 0.3) is 5.91 Å². The molecule has 4 rings (SSSR count). The molecule has 0 unspecified atom stereocenters. The van der Waals surface area contributed by atoms with Crippen molar-refractivity contribution in [3.05, 3.63) is 101 Å². The number of aromatic nitrogens is 2. The lowest BCUT2D eigenvalue weighted by Crippen LogP contribution is -2.39. The molecule has 0 radical (unpaired) electrons. The molecule has 0 saturated carbocycles. The number of benzene rings is 3. The smallest absolute Gasteiger partial charge is 0.254 e. The number of unbranched alkanes of at least 4 members (excludes halogenated alkanes) is 2. The molecular weight excluding hydrogens is 496 g/mol. The third-order valence-corrected chi connectivity index (χ3v) is 7.05. The van der Waals surface area contributed by atoms with Crippen LogP contribution in [0, 0.1) is 13.8 Å². The second-order valence-electron chi connectivity index (χ2n) is 10.4. The first-order valence-electron chi connectivity index (χ1n) is 14.3. The van der Waals surface area contributed by atoms with Gasteiger partial charge in [0.05, 0.1) is 11.4 Å². The summed E-state index contributed by atoms with van der Waals surface area (Å²) in [6.07, 6.45) is 5.02. The molecule has 0 bridgehead atoms. The summed E-state index contributed by atoms with van der Waals surface area (Å²) in [5, 5.41) is 7.91. The van der Waals surface area contributed by atoms with Crippen LogP contribution in [0.4, 0.5) is 5.82 Å². The van der Waals surface area contributed by atoms with Crippen molar-refractivity contribution in [2.75, 3.05) is 18.4 Å². The summed E-state index contributed by atoms with van der Waals surface area (Å²) in [5.41, 5.74) is 6.67. The second kappa shape index (κ2) is 13.7. The van der Waals surface area contributed by atoms with Crippen LogP contribution in [0.1, 0.15) is 66.6 Å². The van der Waals surface area contributed by atoms with Gasteiger partial charge in [0, 0.05) is 23.7 Å². The van der Waals surface area contributed by atoms with E-state index in [0.29, 0.717) is 17.9 Å². The van der Waals surface area contributed by atoms with E-state index in [2.05, 4.69) is 32.2 Å². The standard InChI is InChI=1S/C34H40N4O2/c1-5-7-12-27-16-18-29(19-17-27)34(40)37(21-8-6-2)24-33(39)35-32-23-30(28-13-10-9-11-14-28)36-38(32)31-20-15-25(3)22-26(31)4/h9-11,13-20,22-23H,5-8,12,21,24H2,1-4H3,(H,35,39). The maximum atomic E-state index is 13.4. The Morgan fingerprint density at radius 3 is 2.27 bits per heavy atom. The van der Waals surface area contributed by atoms with E-state index in [1.807, 2.05) is 79.7 Å². The highest BCUT2D eigenvalue weighted by atomic mass is 16.2. The van der Waals surface area contributed by atoms with Crippen LogP contribution in [0.5, 0.6) is 0 Å². The lowest BCUT2D eigenvalue weighted by molar-refractivity contribution is -0.117. The number of carbonyl (C=O) groups excluding carboxylic acids is 2. The molecule has 0 spiro atoms. The highest BCUT2D eigenvalue weighted by Crippen LogP contribution is 2.27. The molecule has 0 saturated heterocycles. The first-order chi connectivity index (χ1) is 19.4. The predicted molar refractivity (Wildman–Crippen MR) is 163 cm³/mol. The lowest BCUT2D eigenvalue weighted by Gasteiger charge is -2.22. The van der Waals surface area contributed by atoms with Gasteiger partial charge in [-0.15, -0.1) is 0 Å². The fraction of sp³-hybridized carbons (Fsp3) is 0.324. The lowest BCUT2D eigenvalue weighted by atomic mass is 10.1. The van der Waals surface area contributed by atoms with Crippen LogP contribution in [0.3, 0.4) is 0 Å². The van der Waals surface area contributed by atoms with Gasteiger partial charge in [-0.05, 0) is 62.4 Å². The van der Waals surface area contributed by atoms with Crippen molar-refractivity contribution >= 4 is 17.6 Å². The molecule has 0 aliphatic rings. The highest BCUT2D eigenvalue weighted by molar-refractivity contribution is 5.99. The van der Waals surface area contributed by atoms with Gasteiger partial charge >= 0.3 is 0 Å². The topological polar surface area (TPSA) is 67.2 Å². The fourth-order valence-electron chi connectivity index (χ4n) is 4.78. The van der Waals surface area contributed by atoms with E-state index in [-0.39, 0.29) is 18.4 Å². The number of carbonyl (C=O) groups is 2. The normalized spacial score (nSPS) is 10.9. The number of rotatable bonds is 12. The summed E-state index contributed by atoms with van der Waals surface area (Å²) in [6, 6.07) is 25.8. The molecule has 40 heavy (non-hydrogen) atoms. The van der Waals surface area contributed by atoms with E-state index in [0.717, 1.165) is 60.2 Å². The van der Waals surface area contributed by atoms with Crippen molar-refractivity contribution in [3.8, 4) is 16.9 Å². The van der Waals surface area contributed by atoms with Crippen molar-refractivity contribution < 1.29 is 9.59 Å². The zero-order valence-electron chi connectivity index (χ0n) is 24.1. The minimum atomic E-state index is -0.255. The molecule has 0 atom stereocenters. The van der Waals surface area contributed by atoms with Crippen LogP contribution < -0.4 is 5.32 Å². The van der Waals surface area contributed by atoms with Gasteiger partial charge in [0.15, 0.2) is 0 Å². The Morgan fingerprint density at radius 1 is 0.875 bits per heavy atom. The van der Waals surface area contributed by atoms with Crippen LogP contribution in [0.25, 0.3) is 16.9 Å². The second-order valence-corrected chi connectivity index (χ2v) is 10.4. The minimum Gasteiger partial charge on any atom is -0.329 e. The van der Waals surface area contributed by atoms with Gasteiger partial charge in [-0.1, -0.05) is 86.8 Å². The van der Waals surface area contributed by atoms with Crippen molar-refractivity contribution in [2.45, 2.75) is 59.8 Å². The maximum Gasteiger partial charge on any atom is 0.254 e. The third-order valence-electron chi connectivity index (χ3n) is 7.05. The quantitative estimate of drug-likeness (QED) is 0.205. The average Bonchev–Trinajstić information content (AvgIpc) is 3.37. The molecule has 6 nitrogen and oxygen atoms in total. The number of aryl methyl sites for hydroxylation is 3. The van der Waals surface area contributed by atoms with Gasteiger partial charge in [0.2, 0.25) is 5.91 Å². The Kier molecular flexibility index (Phi) is 9.90. The van der Waals surface area contributed by atoms with Gasteiger partial charge in [0.1, 0.15) is 12.4 Å². The molecule has 208 valence electrons. The average molecular weight is 537 g/mol. The Hall–Kier alpha value is -4.19. The molecule has 6 heteroatoms. The monoisotopic (exact) mass is 536 g/mol. The number of anilines is 1.